The lowest BCUT2D eigenvalue weighted by atomic mass is 10.1. The highest BCUT2D eigenvalue weighted by molar-refractivity contribution is 6.05. The van der Waals surface area contributed by atoms with Gasteiger partial charge in [-0.1, -0.05) is 18.2 Å². The molecule has 1 aliphatic heterocycles. The van der Waals surface area contributed by atoms with Crippen LogP contribution in [0.1, 0.15) is 29.6 Å². The highest BCUT2D eigenvalue weighted by Gasteiger charge is 2.20. The van der Waals surface area contributed by atoms with Crippen molar-refractivity contribution in [1.29, 1.82) is 0 Å². The van der Waals surface area contributed by atoms with E-state index in [0.29, 0.717) is 22.2 Å². The van der Waals surface area contributed by atoms with Crippen LogP contribution in [0.5, 0.6) is 0 Å². The van der Waals surface area contributed by atoms with Gasteiger partial charge in [0.05, 0.1) is 16.8 Å². The normalized spacial score (nSPS) is 14.1. The highest BCUT2D eigenvalue weighted by atomic mass is 16.5. The van der Waals surface area contributed by atoms with Crippen molar-refractivity contribution in [2.75, 3.05) is 19.7 Å². The van der Waals surface area contributed by atoms with E-state index in [-0.39, 0.29) is 12.5 Å². The number of fused-ring (bicyclic) bond motifs is 1. The smallest absolute Gasteiger partial charge is 0.339 e. The molecule has 1 aromatic carbocycles. The molecule has 142 valence electrons. The first-order chi connectivity index (χ1) is 13.7. The Bertz CT molecular complexity index is 998. The van der Waals surface area contributed by atoms with Gasteiger partial charge in [0.2, 0.25) is 0 Å². The summed E-state index contributed by atoms with van der Waals surface area (Å²) in [7, 11) is 0. The number of pyridine rings is 2. The number of ether oxygens (including phenoxy) is 1. The van der Waals surface area contributed by atoms with Crippen molar-refractivity contribution in [2.45, 2.75) is 19.3 Å². The molecule has 1 amide bonds. The van der Waals surface area contributed by atoms with E-state index in [1.807, 2.05) is 36.4 Å². The Morgan fingerprint density at radius 1 is 1.04 bits per heavy atom. The van der Waals surface area contributed by atoms with Gasteiger partial charge in [0.25, 0.3) is 5.91 Å². The van der Waals surface area contributed by atoms with Crippen LogP contribution in [0.25, 0.3) is 22.2 Å². The molecule has 0 unspecified atom stereocenters. The number of amides is 1. The molecule has 1 aliphatic rings. The van der Waals surface area contributed by atoms with Gasteiger partial charge in [-0.15, -0.1) is 0 Å². The van der Waals surface area contributed by atoms with E-state index < -0.39 is 5.97 Å². The molecule has 28 heavy (non-hydrogen) atoms. The van der Waals surface area contributed by atoms with Crippen LogP contribution in [0, 0.1) is 0 Å². The van der Waals surface area contributed by atoms with Gasteiger partial charge in [0, 0.05) is 36.4 Å². The third-order valence-corrected chi connectivity index (χ3v) is 4.93. The molecular weight excluding hydrogens is 354 g/mol. The standard InChI is InChI=1S/C22H21N3O3/c26-21(25-11-4-1-5-12-25)15-28-22(27)18-13-20(16-7-6-10-23-14-16)24-19-9-3-2-8-17(18)19/h2-3,6-10,13-14H,1,4-5,11-12,15H2. The van der Waals surface area contributed by atoms with E-state index in [4.69, 9.17) is 4.74 Å². The summed E-state index contributed by atoms with van der Waals surface area (Å²) in [6.45, 7) is 1.23. The van der Waals surface area contributed by atoms with Gasteiger partial charge in [-0.2, -0.15) is 0 Å². The van der Waals surface area contributed by atoms with Gasteiger partial charge in [-0.3, -0.25) is 9.78 Å². The summed E-state index contributed by atoms with van der Waals surface area (Å²) in [5, 5.41) is 0.700. The SMILES string of the molecule is O=C(OCC(=O)N1CCCCC1)c1cc(-c2cccnc2)nc2ccccc12. The number of likely N-dealkylation sites (tertiary alicyclic amines) is 1. The van der Waals surface area contributed by atoms with E-state index in [2.05, 4.69) is 9.97 Å². The molecule has 0 N–H and O–H groups in total. The predicted molar refractivity (Wildman–Crippen MR) is 106 cm³/mol. The van der Waals surface area contributed by atoms with Crippen LogP contribution in [-0.4, -0.2) is 46.4 Å². The Balaban J connectivity index is 1.59. The lowest BCUT2D eigenvalue weighted by Crippen LogP contribution is -2.38. The number of esters is 1. The van der Waals surface area contributed by atoms with Crippen LogP contribution in [-0.2, 0) is 9.53 Å². The van der Waals surface area contributed by atoms with Crippen molar-refractivity contribution < 1.29 is 14.3 Å². The number of hydrogen-bond acceptors (Lipinski definition) is 5. The molecule has 0 radical (unpaired) electrons. The summed E-state index contributed by atoms with van der Waals surface area (Å²) in [6, 6.07) is 12.8. The monoisotopic (exact) mass is 375 g/mol. The second-order valence-corrected chi connectivity index (χ2v) is 6.83. The van der Waals surface area contributed by atoms with E-state index >= 15 is 0 Å². The fourth-order valence-corrected chi connectivity index (χ4v) is 3.45. The van der Waals surface area contributed by atoms with Gasteiger partial charge < -0.3 is 9.64 Å². The van der Waals surface area contributed by atoms with Crippen LogP contribution in [0.2, 0.25) is 0 Å². The zero-order valence-electron chi connectivity index (χ0n) is 15.5. The van der Waals surface area contributed by atoms with E-state index in [0.717, 1.165) is 37.9 Å². The van der Waals surface area contributed by atoms with Crippen LogP contribution in [0.4, 0.5) is 0 Å². The molecule has 2 aromatic heterocycles. The van der Waals surface area contributed by atoms with Crippen LogP contribution < -0.4 is 0 Å². The molecule has 3 heterocycles. The van der Waals surface area contributed by atoms with E-state index in [9.17, 15) is 9.59 Å². The van der Waals surface area contributed by atoms with E-state index in [1.165, 1.54) is 0 Å². The summed E-state index contributed by atoms with van der Waals surface area (Å²) in [5.41, 5.74) is 2.54. The summed E-state index contributed by atoms with van der Waals surface area (Å²) in [6.07, 6.45) is 6.54. The number of hydrogen-bond donors (Lipinski definition) is 0. The molecule has 3 aromatic rings. The van der Waals surface area contributed by atoms with Gasteiger partial charge in [-0.25, -0.2) is 9.78 Å². The van der Waals surface area contributed by atoms with Gasteiger partial charge >= 0.3 is 5.97 Å². The van der Waals surface area contributed by atoms with Crippen LogP contribution in [0.3, 0.4) is 0 Å². The lowest BCUT2D eigenvalue weighted by molar-refractivity contribution is -0.135. The average molecular weight is 375 g/mol. The Hall–Kier alpha value is -3.28. The van der Waals surface area contributed by atoms with Crippen molar-refractivity contribution in [1.82, 2.24) is 14.9 Å². The zero-order chi connectivity index (χ0) is 19.3. The minimum atomic E-state index is -0.519. The summed E-state index contributed by atoms with van der Waals surface area (Å²) in [5.74, 6) is -0.659. The quantitative estimate of drug-likeness (QED) is 0.653. The Morgan fingerprint density at radius 2 is 1.86 bits per heavy atom. The number of aromatic nitrogens is 2. The van der Waals surface area contributed by atoms with Gasteiger partial charge in [0.15, 0.2) is 6.61 Å². The third-order valence-electron chi connectivity index (χ3n) is 4.93. The van der Waals surface area contributed by atoms with Crippen molar-refractivity contribution in [3.05, 3.63) is 60.4 Å². The minimum absolute atomic E-state index is 0.140. The number of carbonyl (C=O) groups is 2. The molecular formula is C22H21N3O3. The number of rotatable bonds is 4. The molecule has 0 atom stereocenters. The molecule has 6 heteroatoms. The van der Waals surface area contributed by atoms with Crippen molar-refractivity contribution in [3.8, 4) is 11.3 Å². The lowest BCUT2D eigenvalue weighted by Gasteiger charge is -2.26. The topological polar surface area (TPSA) is 72.4 Å². The van der Waals surface area contributed by atoms with E-state index in [1.54, 1.807) is 23.4 Å². The molecule has 0 saturated carbocycles. The highest BCUT2D eigenvalue weighted by Crippen LogP contribution is 2.25. The molecule has 0 aliphatic carbocycles. The van der Waals surface area contributed by atoms with Gasteiger partial charge in [-0.05, 0) is 43.5 Å². The number of carbonyl (C=O) groups excluding carboxylic acids is 2. The fraction of sp³-hybridized carbons (Fsp3) is 0.273. The Morgan fingerprint density at radius 3 is 2.64 bits per heavy atom. The molecule has 1 fully saturated rings. The number of piperidine rings is 1. The van der Waals surface area contributed by atoms with Gasteiger partial charge in [0.1, 0.15) is 0 Å². The molecule has 1 saturated heterocycles. The minimum Gasteiger partial charge on any atom is -0.452 e. The Labute approximate surface area is 163 Å². The first-order valence-corrected chi connectivity index (χ1v) is 9.47. The summed E-state index contributed by atoms with van der Waals surface area (Å²) in [4.78, 5) is 35.6. The fourth-order valence-electron chi connectivity index (χ4n) is 3.45. The summed E-state index contributed by atoms with van der Waals surface area (Å²) < 4.78 is 5.37. The average Bonchev–Trinajstić information content (AvgIpc) is 2.77. The first-order valence-electron chi connectivity index (χ1n) is 9.47. The van der Waals surface area contributed by atoms with Crippen molar-refractivity contribution in [3.63, 3.8) is 0 Å². The predicted octanol–water partition coefficient (Wildman–Crippen LogP) is 3.47. The second kappa shape index (κ2) is 8.17. The zero-order valence-corrected chi connectivity index (χ0v) is 15.5. The number of para-hydroxylation sites is 1. The Kier molecular flexibility index (Phi) is 5.28. The van der Waals surface area contributed by atoms with Crippen LogP contribution in [0.15, 0.2) is 54.9 Å². The third kappa shape index (κ3) is 3.86. The number of benzene rings is 1. The second-order valence-electron chi connectivity index (χ2n) is 6.83. The number of nitrogens with zero attached hydrogens (tertiary/aromatic N) is 3. The van der Waals surface area contributed by atoms with Crippen molar-refractivity contribution in [2.24, 2.45) is 0 Å². The molecule has 0 spiro atoms. The molecule has 4 rings (SSSR count). The van der Waals surface area contributed by atoms with Crippen LogP contribution >= 0.6 is 0 Å². The molecule has 0 bridgehead atoms. The van der Waals surface area contributed by atoms with Crippen molar-refractivity contribution >= 4 is 22.8 Å². The largest absolute Gasteiger partial charge is 0.452 e. The maximum absolute atomic E-state index is 12.8. The maximum Gasteiger partial charge on any atom is 0.339 e. The summed E-state index contributed by atoms with van der Waals surface area (Å²) >= 11 is 0. The maximum atomic E-state index is 12.8. The first kappa shape index (κ1) is 18.1. The molecule has 6 nitrogen and oxygen atoms in total.